The van der Waals surface area contributed by atoms with Crippen molar-refractivity contribution in [3.63, 3.8) is 0 Å². The molecule has 162 valence electrons. The highest BCUT2D eigenvalue weighted by Crippen LogP contribution is 2.17. The lowest BCUT2D eigenvalue weighted by atomic mass is 10.1. The second-order valence-electron chi connectivity index (χ2n) is 6.67. The van der Waals surface area contributed by atoms with Gasteiger partial charge in [-0.15, -0.1) is 24.0 Å². The normalized spacial score (nSPS) is 12.1. The first-order valence-electron chi connectivity index (χ1n) is 9.01. The van der Waals surface area contributed by atoms with Gasteiger partial charge in [-0.25, -0.2) is 4.68 Å². The van der Waals surface area contributed by atoms with Crippen molar-refractivity contribution in [1.82, 2.24) is 25.3 Å². The highest BCUT2D eigenvalue weighted by Gasteiger charge is 2.28. The van der Waals surface area contributed by atoms with Gasteiger partial charge in [0.2, 0.25) is 0 Å². The SMILES string of the molecule is CN=C(NCCN(C)CC(F)(F)F)NCc1ccccc1-n1nc(C)cc1C.I. The summed E-state index contributed by atoms with van der Waals surface area (Å²) in [5.41, 5.74) is 3.99. The Labute approximate surface area is 186 Å². The number of halogens is 4. The molecule has 0 aliphatic heterocycles. The van der Waals surface area contributed by atoms with Crippen LogP contribution in [0.1, 0.15) is 17.0 Å². The van der Waals surface area contributed by atoms with Crippen LogP contribution in [0, 0.1) is 13.8 Å². The summed E-state index contributed by atoms with van der Waals surface area (Å²) in [5.74, 6) is 0.531. The van der Waals surface area contributed by atoms with Crippen molar-refractivity contribution in [2.75, 3.05) is 33.7 Å². The van der Waals surface area contributed by atoms with E-state index in [1.165, 1.54) is 11.9 Å². The number of aromatic nitrogens is 2. The van der Waals surface area contributed by atoms with E-state index in [9.17, 15) is 13.2 Å². The molecule has 29 heavy (non-hydrogen) atoms. The fourth-order valence-electron chi connectivity index (χ4n) is 2.89. The quantitative estimate of drug-likeness (QED) is 0.332. The zero-order valence-corrected chi connectivity index (χ0v) is 19.4. The molecule has 1 heterocycles. The molecule has 0 saturated heterocycles. The van der Waals surface area contributed by atoms with Crippen molar-refractivity contribution in [3.05, 3.63) is 47.3 Å². The van der Waals surface area contributed by atoms with Crippen LogP contribution in [0.25, 0.3) is 5.69 Å². The van der Waals surface area contributed by atoms with Gasteiger partial charge in [0.1, 0.15) is 0 Å². The zero-order chi connectivity index (χ0) is 20.7. The van der Waals surface area contributed by atoms with Gasteiger partial charge in [0.05, 0.1) is 17.9 Å². The predicted octanol–water partition coefficient (Wildman–Crippen LogP) is 3.27. The van der Waals surface area contributed by atoms with E-state index in [1.54, 1.807) is 7.05 Å². The number of benzene rings is 1. The van der Waals surface area contributed by atoms with Gasteiger partial charge in [0, 0.05) is 32.4 Å². The molecule has 2 N–H and O–H groups in total. The third kappa shape index (κ3) is 8.21. The Balaban J connectivity index is 0.00000420. The molecular formula is C19H28F3IN6. The summed E-state index contributed by atoms with van der Waals surface area (Å²) < 4.78 is 39.0. The maximum absolute atomic E-state index is 12.4. The van der Waals surface area contributed by atoms with Crippen LogP contribution < -0.4 is 10.6 Å². The van der Waals surface area contributed by atoms with Crippen molar-refractivity contribution in [3.8, 4) is 5.69 Å². The number of aliphatic imine (C=N–C) groups is 1. The average Bonchev–Trinajstić information content (AvgIpc) is 2.94. The molecule has 0 aliphatic rings. The summed E-state index contributed by atoms with van der Waals surface area (Å²) in [4.78, 5) is 5.35. The van der Waals surface area contributed by atoms with Crippen molar-refractivity contribution >= 4 is 29.9 Å². The van der Waals surface area contributed by atoms with E-state index in [2.05, 4.69) is 20.7 Å². The largest absolute Gasteiger partial charge is 0.401 e. The van der Waals surface area contributed by atoms with Gasteiger partial charge < -0.3 is 10.6 Å². The Morgan fingerprint density at radius 2 is 1.90 bits per heavy atom. The molecule has 0 fully saturated rings. The number of rotatable bonds is 7. The minimum atomic E-state index is -4.19. The molecule has 0 spiro atoms. The van der Waals surface area contributed by atoms with E-state index in [4.69, 9.17) is 0 Å². The van der Waals surface area contributed by atoms with Gasteiger partial charge in [-0.3, -0.25) is 9.89 Å². The van der Waals surface area contributed by atoms with E-state index in [-0.39, 0.29) is 30.5 Å². The van der Waals surface area contributed by atoms with Gasteiger partial charge in [-0.1, -0.05) is 18.2 Å². The second kappa shape index (κ2) is 11.4. The third-order valence-corrected chi connectivity index (χ3v) is 4.13. The highest BCUT2D eigenvalue weighted by atomic mass is 127. The molecule has 0 unspecified atom stereocenters. The standard InChI is InChI=1S/C19H27F3N6.HI/c1-14-11-15(2)28(26-14)17-8-6-5-7-16(17)12-25-18(23-3)24-9-10-27(4)13-19(20,21)22;/h5-8,11H,9-10,12-13H2,1-4H3,(H2,23,24,25);1H. The molecule has 0 bridgehead atoms. The van der Waals surface area contributed by atoms with E-state index in [0.29, 0.717) is 19.0 Å². The van der Waals surface area contributed by atoms with E-state index in [0.717, 1.165) is 22.6 Å². The van der Waals surface area contributed by atoms with Gasteiger partial charge in [0.15, 0.2) is 5.96 Å². The lowest BCUT2D eigenvalue weighted by molar-refractivity contribution is -0.142. The predicted molar refractivity (Wildman–Crippen MR) is 120 cm³/mol. The van der Waals surface area contributed by atoms with Crippen LogP contribution in [0.15, 0.2) is 35.3 Å². The number of guanidine groups is 1. The minimum Gasteiger partial charge on any atom is -0.355 e. The van der Waals surface area contributed by atoms with E-state index >= 15 is 0 Å². The van der Waals surface area contributed by atoms with Gasteiger partial charge in [0.25, 0.3) is 0 Å². The molecule has 2 rings (SSSR count). The summed E-state index contributed by atoms with van der Waals surface area (Å²) in [6.07, 6.45) is -4.19. The van der Waals surface area contributed by atoms with Crippen molar-refractivity contribution < 1.29 is 13.2 Å². The summed E-state index contributed by atoms with van der Waals surface area (Å²) in [6.45, 7) is 4.13. The Hall–Kier alpha value is -1.82. The van der Waals surface area contributed by atoms with Gasteiger partial charge >= 0.3 is 6.18 Å². The first-order chi connectivity index (χ1) is 13.2. The van der Waals surface area contributed by atoms with Crippen LogP contribution in [0.4, 0.5) is 13.2 Å². The first kappa shape index (κ1) is 25.2. The summed E-state index contributed by atoms with van der Waals surface area (Å²) >= 11 is 0. The Bertz CT molecular complexity index is 803. The Kier molecular flexibility index (Phi) is 9.90. The molecule has 6 nitrogen and oxygen atoms in total. The van der Waals surface area contributed by atoms with Crippen LogP contribution in [0.3, 0.4) is 0 Å². The molecule has 1 aromatic heterocycles. The van der Waals surface area contributed by atoms with Crippen LogP contribution in [-0.2, 0) is 6.54 Å². The van der Waals surface area contributed by atoms with E-state index in [1.807, 2.05) is 48.9 Å². The lowest BCUT2D eigenvalue weighted by Crippen LogP contribution is -2.42. The maximum Gasteiger partial charge on any atom is 0.401 e. The summed E-state index contributed by atoms with van der Waals surface area (Å²) in [7, 11) is 3.07. The summed E-state index contributed by atoms with van der Waals surface area (Å²) in [6, 6.07) is 9.93. The highest BCUT2D eigenvalue weighted by molar-refractivity contribution is 14.0. The number of hydrogen-bond acceptors (Lipinski definition) is 3. The van der Waals surface area contributed by atoms with E-state index < -0.39 is 12.7 Å². The van der Waals surface area contributed by atoms with Crippen LogP contribution >= 0.6 is 24.0 Å². The number of nitrogens with one attached hydrogen (secondary N) is 2. The first-order valence-corrected chi connectivity index (χ1v) is 9.01. The van der Waals surface area contributed by atoms with Crippen molar-refractivity contribution in [2.45, 2.75) is 26.6 Å². The van der Waals surface area contributed by atoms with Crippen molar-refractivity contribution in [1.29, 1.82) is 0 Å². The fraction of sp³-hybridized carbons (Fsp3) is 0.474. The maximum atomic E-state index is 12.4. The van der Waals surface area contributed by atoms with Gasteiger partial charge in [-0.2, -0.15) is 18.3 Å². The molecule has 10 heteroatoms. The monoisotopic (exact) mass is 524 g/mol. The number of hydrogen-bond donors (Lipinski definition) is 2. The molecule has 0 amide bonds. The summed E-state index contributed by atoms with van der Waals surface area (Å²) in [5, 5.41) is 10.8. The van der Waals surface area contributed by atoms with Crippen LogP contribution in [0.2, 0.25) is 0 Å². The van der Waals surface area contributed by atoms with Crippen LogP contribution in [0.5, 0.6) is 0 Å². The topological polar surface area (TPSA) is 57.5 Å². The number of likely N-dealkylation sites (N-methyl/N-ethyl adjacent to an activating group) is 1. The average molecular weight is 524 g/mol. The van der Waals surface area contributed by atoms with Crippen LogP contribution in [-0.4, -0.2) is 60.5 Å². The smallest absolute Gasteiger partial charge is 0.355 e. The minimum absolute atomic E-state index is 0. The Morgan fingerprint density at radius 1 is 1.21 bits per heavy atom. The molecule has 0 aliphatic carbocycles. The van der Waals surface area contributed by atoms with Gasteiger partial charge in [-0.05, 0) is 38.6 Å². The second-order valence-corrected chi connectivity index (χ2v) is 6.67. The van der Waals surface area contributed by atoms with Crippen molar-refractivity contribution in [2.24, 2.45) is 4.99 Å². The Morgan fingerprint density at radius 3 is 2.48 bits per heavy atom. The number of para-hydroxylation sites is 1. The molecular weight excluding hydrogens is 496 g/mol. The third-order valence-electron chi connectivity index (χ3n) is 4.13. The zero-order valence-electron chi connectivity index (χ0n) is 17.0. The number of nitrogens with zero attached hydrogens (tertiary/aromatic N) is 4. The lowest BCUT2D eigenvalue weighted by Gasteiger charge is -2.20. The number of aryl methyl sites for hydroxylation is 2. The molecule has 0 atom stereocenters. The number of alkyl halides is 3. The molecule has 2 aromatic rings. The molecule has 0 saturated carbocycles. The molecule has 0 radical (unpaired) electrons. The fourth-order valence-corrected chi connectivity index (χ4v) is 2.89. The molecule has 1 aromatic carbocycles.